The number of likely N-dealkylation sites (N-methyl/N-ethyl adjacent to an activating group) is 1. The lowest BCUT2D eigenvalue weighted by molar-refractivity contribution is -0.139. The molecule has 0 N–H and O–H groups in total. The molecule has 0 bridgehead atoms. The molecule has 0 spiro atoms. The third kappa shape index (κ3) is 3.43. The highest BCUT2D eigenvalue weighted by atomic mass is 32.1. The van der Waals surface area contributed by atoms with E-state index >= 15 is 0 Å². The van der Waals surface area contributed by atoms with Gasteiger partial charge >= 0.3 is 5.97 Å². The Balaban J connectivity index is 1.64. The molecule has 3 aliphatic heterocycles. The first-order valence-corrected chi connectivity index (χ1v) is 12.8. The summed E-state index contributed by atoms with van der Waals surface area (Å²) < 4.78 is 18.1. The number of amides is 1. The van der Waals surface area contributed by atoms with Crippen LogP contribution in [0.1, 0.15) is 37.9 Å². The molecule has 0 fully saturated rings. The summed E-state index contributed by atoms with van der Waals surface area (Å²) in [5, 5.41) is 0. The van der Waals surface area contributed by atoms with E-state index < -0.39 is 17.6 Å². The fraction of sp³-hybridized carbons (Fsp3) is 0.259. The predicted octanol–water partition coefficient (Wildman–Crippen LogP) is 2.26. The number of ether oxygens (including phenoxy) is 3. The minimum Gasteiger partial charge on any atom is -0.463 e. The molecule has 0 radical (unpaired) electrons. The minimum absolute atomic E-state index is 0.0972. The number of anilines is 1. The van der Waals surface area contributed by atoms with Crippen molar-refractivity contribution in [3.8, 4) is 11.5 Å². The fourth-order valence-electron chi connectivity index (χ4n) is 5.05. The van der Waals surface area contributed by atoms with Crippen molar-refractivity contribution in [3.63, 3.8) is 0 Å². The Kier molecular flexibility index (Phi) is 5.49. The number of aromatic nitrogens is 1. The van der Waals surface area contributed by atoms with Gasteiger partial charge in [0.15, 0.2) is 16.3 Å². The topological polar surface area (TPSA) is 99.4 Å². The van der Waals surface area contributed by atoms with Gasteiger partial charge in [-0.3, -0.25) is 14.2 Å². The number of esters is 1. The number of carbonyl (C=O) groups is 2. The van der Waals surface area contributed by atoms with Crippen LogP contribution in [0.25, 0.3) is 5.57 Å². The maximum Gasteiger partial charge on any atom is 0.338 e. The molecule has 37 heavy (non-hydrogen) atoms. The zero-order valence-electron chi connectivity index (χ0n) is 20.4. The number of nitrogens with zero attached hydrogens (tertiary/aromatic N) is 3. The van der Waals surface area contributed by atoms with E-state index in [4.69, 9.17) is 14.2 Å². The highest BCUT2D eigenvalue weighted by Gasteiger charge is 2.37. The number of hydrogen-bond acceptors (Lipinski definition) is 8. The molecular weight excluding hydrogens is 494 g/mol. The second-order valence-electron chi connectivity index (χ2n) is 8.68. The first-order chi connectivity index (χ1) is 17.9. The maximum absolute atomic E-state index is 14.1. The molecule has 1 aromatic heterocycles. The van der Waals surface area contributed by atoms with Gasteiger partial charge < -0.3 is 19.1 Å². The monoisotopic (exact) mass is 517 g/mol. The summed E-state index contributed by atoms with van der Waals surface area (Å²) in [6.07, 6.45) is 0. The molecule has 9 nitrogen and oxygen atoms in total. The van der Waals surface area contributed by atoms with E-state index in [9.17, 15) is 14.4 Å². The second-order valence-corrected chi connectivity index (χ2v) is 9.65. The molecule has 0 saturated heterocycles. The van der Waals surface area contributed by atoms with Crippen molar-refractivity contribution >= 4 is 34.5 Å². The van der Waals surface area contributed by atoms with E-state index in [2.05, 4.69) is 4.99 Å². The van der Waals surface area contributed by atoms with Crippen molar-refractivity contribution in [1.82, 2.24) is 4.57 Å². The van der Waals surface area contributed by atoms with E-state index in [1.165, 1.54) is 4.57 Å². The van der Waals surface area contributed by atoms with Gasteiger partial charge in [-0.15, -0.1) is 0 Å². The largest absolute Gasteiger partial charge is 0.463 e. The zero-order chi connectivity index (χ0) is 25.8. The van der Waals surface area contributed by atoms with Gasteiger partial charge in [-0.05, 0) is 44.5 Å². The number of allylic oxidation sites excluding steroid dienone is 1. The number of thiazole rings is 1. The van der Waals surface area contributed by atoms with Gasteiger partial charge in [-0.1, -0.05) is 35.6 Å². The first kappa shape index (κ1) is 23.2. The normalized spacial score (nSPS) is 19.1. The minimum atomic E-state index is -0.812. The highest BCUT2D eigenvalue weighted by Crippen LogP contribution is 2.39. The summed E-state index contributed by atoms with van der Waals surface area (Å²) in [4.78, 5) is 47.4. The molecule has 3 aromatic rings. The molecule has 6 rings (SSSR count). The zero-order valence-corrected chi connectivity index (χ0v) is 21.3. The number of benzene rings is 2. The molecular formula is C27H23N3O6S. The second kappa shape index (κ2) is 8.74. The summed E-state index contributed by atoms with van der Waals surface area (Å²) >= 11 is 1.15. The number of carbonyl (C=O) groups excluding carboxylic acids is 2. The third-order valence-electron chi connectivity index (χ3n) is 6.67. The lowest BCUT2D eigenvalue weighted by Crippen LogP contribution is -2.41. The molecule has 0 saturated carbocycles. The van der Waals surface area contributed by atoms with Crippen molar-refractivity contribution in [2.24, 2.45) is 4.99 Å². The van der Waals surface area contributed by atoms with Crippen molar-refractivity contribution in [2.75, 3.05) is 24.8 Å². The van der Waals surface area contributed by atoms with Gasteiger partial charge in [-0.25, -0.2) is 9.79 Å². The average Bonchev–Trinajstić information content (AvgIpc) is 3.56. The van der Waals surface area contributed by atoms with Crippen LogP contribution in [0.2, 0.25) is 0 Å². The molecule has 10 heteroatoms. The predicted molar refractivity (Wildman–Crippen MR) is 136 cm³/mol. The van der Waals surface area contributed by atoms with Crippen LogP contribution in [0.4, 0.5) is 5.69 Å². The summed E-state index contributed by atoms with van der Waals surface area (Å²) in [6, 6.07) is 11.9. The van der Waals surface area contributed by atoms with Crippen LogP contribution in [0.3, 0.4) is 0 Å². The molecule has 3 aliphatic rings. The van der Waals surface area contributed by atoms with Gasteiger partial charge in [0.1, 0.15) is 4.53 Å². The summed E-state index contributed by atoms with van der Waals surface area (Å²) in [7, 11) is 0. The third-order valence-corrected chi connectivity index (χ3v) is 7.72. The summed E-state index contributed by atoms with van der Waals surface area (Å²) in [5.41, 5.74) is 2.80. The Morgan fingerprint density at radius 2 is 1.92 bits per heavy atom. The average molecular weight is 518 g/mol. The standard InChI is InChI=1S/C27H23N3O6S/c1-4-29-17-9-7-6-8-16(17)21(24(29)31)23-25(32)30-22(15-10-11-18-19(12-15)36-13-35-18)20(26(33)34-5-2)14(3)28-27(30)37-23/h6-12,22H,4-5,13H2,1-3H3/b23-21+/t22-/m1/s1. The van der Waals surface area contributed by atoms with E-state index in [1.54, 1.807) is 36.9 Å². The van der Waals surface area contributed by atoms with Crippen LogP contribution < -0.4 is 29.3 Å². The Labute approximate surface area is 215 Å². The van der Waals surface area contributed by atoms with Crippen LogP contribution in [-0.2, 0) is 14.3 Å². The Morgan fingerprint density at radius 3 is 2.70 bits per heavy atom. The molecule has 0 unspecified atom stereocenters. The van der Waals surface area contributed by atoms with Gasteiger partial charge in [0, 0.05) is 12.1 Å². The van der Waals surface area contributed by atoms with Crippen molar-refractivity contribution in [3.05, 3.63) is 84.5 Å². The molecule has 188 valence electrons. The van der Waals surface area contributed by atoms with Gasteiger partial charge in [0.05, 0.1) is 35.2 Å². The van der Waals surface area contributed by atoms with Gasteiger partial charge in [-0.2, -0.15) is 0 Å². The SMILES string of the molecule is CCOC(=O)C1=C(C)N=c2s/c(=C3/C(=O)N(CC)c4ccccc43)c(=O)n2[C@@H]1c1ccc2c(c1)OCO2. The lowest BCUT2D eigenvalue weighted by Gasteiger charge is -2.24. The maximum atomic E-state index is 14.1. The van der Waals surface area contributed by atoms with Crippen LogP contribution in [-0.4, -0.2) is 36.4 Å². The van der Waals surface area contributed by atoms with Crippen molar-refractivity contribution in [2.45, 2.75) is 26.8 Å². The Morgan fingerprint density at radius 1 is 1.14 bits per heavy atom. The van der Waals surface area contributed by atoms with Gasteiger partial charge in [0.25, 0.3) is 11.5 Å². The molecule has 4 heterocycles. The first-order valence-electron chi connectivity index (χ1n) is 12.0. The van der Waals surface area contributed by atoms with E-state index in [1.807, 2.05) is 31.2 Å². The van der Waals surface area contributed by atoms with E-state index in [-0.39, 0.29) is 29.4 Å². The summed E-state index contributed by atoms with van der Waals surface area (Å²) in [6.45, 7) is 6.10. The van der Waals surface area contributed by atoms with E-state index in [0.717, 1.165) is 17.0 Å². The smallest absolute Gasteiger partial charge is 0.338 e. The van der Waals surface area contributed by atoms with Crippen LogP contribution in [0.5, 0.6) is 11.5 Å². The highest BCUT2D eigenvalue weighted by molar-refractivity contribution is 7.07. The van der Waals surface area contributed by atoms with Crippen LogP contribution in [0, 0.1) is 0 Å². The Bertz CT molecular complexity index is 1700. The number of fused-ring (bicyclic) bond motifs is 3. The molecule has 1 atom stereocenters. The molecule has 0 aliphatic carbocycles. The van der Waals surface area contributed by atoms with E-state index in [0.29, 0.717) is 45.2 Å². The van der Waals surface area contributed by atoms with Crippen molar-refractivity contribution < 1.29 is 23.8 Å². The Hall–Kier alpha value is -4.18. The van der Waals surface area contributed by atoms with Crippen LogP contribution >= 0.6 is 11.3 Å². The van der Waals surface area contributed by atoms with Gasteiger partial charge in [0.2, 0.25) is 6.79 Å². The van der Waals surface area contributed by atoms with Crippen molar-refractivity contribution in [1.29, 1.82) is 0 Å². The number of rotatable bonds is 4. The fourth-order valence-corrected chi connectivity index (χ4v) is 6.19. The van der Waals surface area contributed by atoms with Crippen LogP contribution in [0.15, 0.2) is 63.5 Å². The quantitative estimate of drug-likeness (QED) is 0.493. The number of hydrogen-bond donors (Lipinski definition) is 0. The molecule has 1 amide bonds. The molecule has 2 aromatic carbocycles. The summed E-state index contributed by atoms with van der Waals surface area (Å²) in [5.74, 6) is 0.335. The lowest BCUT2D eigenvalue weighted by atomic mass is 9.95. The number of para-hydroxylation sites is 1.